The Morgan fingerprint density at radius 1 is 1.40 bits per heavy atom. The van der Waals surface area contributed by atoms with E-state index >= 15 is 0 Å². The van der Waals surface area contributed by atoms with Crippen LogP contribution in [-0.2, 0) is 0 Å². The summed E-state index contributed by atoms with van der Waals surface area (Å²) in [4.78, 5) is 11.8. The topological polar surface area (TPSA) is 50.4 Å². The van der Waals surface area contributed by atoms with Crippen LogP contribution in [0.2, 0.25) is 0 Å². The summed E-state index contributed by atoms with van der Waals surface area (Å²) in [6, 6.07) is 6.15. The lowest BCUT2D eigenvalue weighted by Gasteiger charge is -2.11. The minimum Gasteiger partial charge on any atom is -0.435 e. The smallest absolute Gasteiger partial charge is 0.387 e. The van der Waals surface area contributed by atoms with Crippen LogP contribution in [0.4, 0.5) is 8.78 Å². The fraction of sp³-hybridized carbons (Fsp3) is 0.500. The van der Waals surface area contributed by atoms with E-state index in [1.807, 2.05) is 0 Å². The Balaban J connectivity index is 1.76. The van der Waals surface area contributed by atoms with Crippen LogP contribution in [0.25, 0.3) is 0 Å². The standard InChI is InChI=1S/C14H18F2N2O2/c15-14(16)20-12-5-3-10(4-6-12)13(19)18-9-7-11-2-1-8-17-11/h3-6,11,14,17H,1-2,7-9H2,(H,18,19). The Morgan fingerprint density at radius 3 is 2.75 bits per heavy atom. The summed E-state index contributed by atoms with van der Waals surface area (Å²) < 4.78 is 28.2. The van der Waals surface area contributed by atoms with E-state index in [-0.39, 0.29) is 11.7 Å². The average molecular weight is 284 g/mol. The van der Waals surface area contributed by atoms with Gasteiger partial charge in [0.15, 0.2) is 0 Å². The van der Waals surface area contributed by atoms with Gasteiger partial charge in [-0.2, -0.15) is 8.78 Å². The molecule has 1 aromatic rings. The summed E-state index contributed by atoms with van der Waals surface area (Å²) in [5.41, 5.74) is 0.436. The zero-order valence-corrected chi connectivity index (χ0v) is 11.1. The van der Waals surface area contributed by atoms with Crippen molar-refractivity contribution in [3.63, 3.8) is 0 Å². The average Bonchev–Trinajstić information content (AvgIpc) is 2.92. The number of amides is 1. The third-order valence-corrected chi connectivity index (χ3v) is 3.28. The van der Waals surface area contributed by atoms with Crippen molar-refractivity contribution in [1.82, 2.24) is 10.6 Å². The molecule has 1 amide bonds. The lowest BCUT2D eigenvalue weighted by Crippen LogP contribution is -2.30. The summed E-state index contributed by atoms with van der Waals surface area (Å²) in [7, 11) is 0. The third-order valence-electron chi connectivity index (χ3n) is 3.28. The maximum absolute atomic E-state index is 12.0. The molecule has 1 aliphatic rings. The van der Waals surface area contributed by atoms with Crippen molar-refractivity contribution < 1.29 is 18.3 Å². The molecule has 1 fully saturated rings. The van der Waals surface area contributed by atoms with E-state index in [1.165, 1.54) is 30.7 Å². The first-order valence-electron chi connectivity index (χ1n) is 6.71. The highest BCUT2D eigenvalue weighted by Crippen LogP contribution is 2.15. The van der Waals surface area contributed by atoms with Crippen LogP contribution in [0.1, 0.15) is 29.6 Å². The van der Waals surface area contributed by atoms with E-state index in [0.29, 0.717) is 18.2 Å². The molecule has 0 spiro atoms. The van der Waals surface area contributed by atoms with Gasteiger partial charge in [0.1, 0.15) is 5.75 Å². The van der Waals surface area contributed by atoms with Gasteiger partial charge in [0, 0.05) is 18.2 Å². The maximum atomic E-state index is 12.0. The van der Waals surface area contributed by atoms with Gasteiger partial charge < -0.3 is 15.4 Å². The van der Waals surface area contributed by atoms with Crippen molar-refractivity contribution in [3.05, 3.63) is 29.8 Å². The monoisotopic (exact) mass is 284 g/mol. The highest BCUT2D eigenvalue weighted by molar-refractivity contribution is 5.94. The number of carbonyl (C=O) groups excluding carboxylic acids is 1. The van der Waals surface area contributed by atoms with Crippen LogP contribution in [0, 0.1) is 0 Å². The van der Waals surface area contributed by atoms with Gasteiger partial charge >= 0.3 is 6.61 Å². The molecule has 6 heteroatoms. The van der Waals surface area contributed by atoms with Crippen molar-refractivity contribution >= 4 is 5.91 Å². The molecule has 1 heterocycles. The van der Waals surface area contributed by atoms with E-state index in [4.69, 9.17) is 0 Å². The van der Waals surface area contributed by atoms with Crippen molar-refractivity contribution in [2.75, 3.05) is 13.1 Å². The van der Waals surface area contributed by atoms with Crippen LogP contribution in [0.5, 0.6) is 5.75 Å². The highest BCUT2D eigenvalue weighted by atomic mass is 19.3. The lowest BCUT2D eigenvalue weighted by molar-refractivity contribution is -0.0498. The van der Waals surface area contributed by atoms with E-state index in [1.54, 1.807) is 0 Å². The summed E-state index contributed by atoms with van der Waals surface area (Å²) in [5.74, 6) is -0.154. The van der Waals surface area contributed by atoms with Gasteiger partial charge in [-0.3, -0.25) is 4.79 Å². The maximum Gasteiger partial charge on any atom is 0.387 e. The molecular formula is C14H18F2N2O2. The van der Waals surface area contributed by atoms with Gasteiger partial charge in [0.05, 0.1) is 0 Å². The molecule has 2 N–H and O–H groups in total. The quantitative estimate of drug-likeness (QED) is 0.841. The Morgan fingerprint density at radius 2 is 2.15 bits per heavy atom. The molecule has 0 bridgehead atoms. The van der Waals surface area contributed by atoms with E-state index in [2.05, 4.69) is 15.4 Å². The van der Waals surface area contributed by atoms with Crippen LogP contribution < -0.4 is 15.4 Å². The zero-order valence-electron chi connectivity index (χ0n) is 11.1. The van der Waals surface area contributed by atoms with E-state index < -0.39 is 6.61 Å². The zero-order chi connectivity index (χ0) is 14.4. The number of rotatable bonds is 6. The minimum atomic E-state index is -2.85. The lowest BCUT2D eigenvalue weighted by atomic mass is 10.1. The van der Waals surface area contributed by atoms with Gasteiger partial charge in [0.2, 0.25) is 0 Å². The van der Waals surface area contributed by atoms with Gasteiger partial charge in [-0.25, -0.2) is 0 Å². The first-order chi connectivity index (χ1) is 9.65. The van der Waals surface area contributed by atoms with Crippen molar-refractivity contribution in [2.24, 2.45) is 0 Å². The molecule has 0 saturated carbocycles. The molecule has 1 atom stereocenters. The SMILES string of the molecule is O=C(NCCC1CCCN1)c1ccc(OC(F)F)cc1. The molecular weight excluding hydrogens is 266 g/mol. The molecule has 1 aromatic carbocycles. The molecule has 110 valence electrons. The fourth-order valence-electron chi connectivity index (χ4n) is 2.25. The first-order valence-corrected chi connectivity index (χ1v) is 6.71. The summed E-state index contributed by atoms with van der Waals surface area (Å²) in [6.07, 6.45) is 3.23. The number of nitrogens with one attached hydrogen (secondary N) is 2. The second kappa shape index (κ2) is 7.19. The molecule has 4 nitrogen and oxygen atoms in total. The Bertz CT molecular complexity index is 431. The molecule has 20 heavy (non-hydrogen) atoms. The van der Waals surface area contributed by atoms with Crippen LogP contribution in [0.3, 0.4) is 0 Å². The number of carbonyl (C=O) groups is 1. The summed E-state index contributed by atoms with van der Waals surface area (Å²) in [5, 5.41) is 6.18. The van der Waals surface area contributed by atoms with Crippen molar-refractivity contribution in [3.8, 4) is 5.75 Å². The van der Waals surface area contributed by atoms with Gasteiger partial charge in [0.25, 0.3) is 5.91 Å². The van der Waals surface area contributed by atoms with Gasteiger partial charge in [-0.05, 0) is 50.1 Å². The van der Waals surface area contributed by atoms with Crippen LogP contribution in [0.15, 0.2) is 24.3 Å². The van der Waals surface area contributed by atoms with Crippen molar-refractivity contribution in [1.29, 1.82) is 0 Å². The Labute approximate surface area is 116 Å². The number of benzene rings is 1. The van der Waals surface area contributed by atoms with E-state index in [9.17, 15) is 13.6 Å². The number of halogens is 2. The van der Waals surface area contributed by atoms with Gasteiger partial charge in [-0.15, -0.1) is 0 Å². The molecule has 2 rings (SSSR count). The largest absolute Gasteiger partial charge is 0.435 e. The van der Waals surface area contributed by atoms with Crippen molar-refractivity contribution in [2.45, 2.75) is 31.9 Å². The summed E-state index contributed by atoms with van der Waals surface area (Å²) in [6.45, 7) is -1.20. The molecule has 1 saturated heterocycles. The van der Waals surface area contributed by atoms with Crippen LogP contribution in [-0.4, -0.2) is 31.7 Å². The number of ether oxygens (including phenoxy) is 1. The van der Waals surface area contributed by atoms with Gasteiger partial charge in [-0.1, -0.05) is 0 Å². The molecule has 1 aliphatic heterocycles. The van der Waals surface area contributed by atoms with E-state index in [0.717, 1.165) is 19.4 Å². The number of alkyl halides is 2. The van der Waals surface area contributed by atoms with Crippen LogP contribution >= 0.6 is 0 Å². The third kappa shape index (κ3) is 4.45. The number of hydrogen-bond acceptors (Lipinski definition) is 3. The predicted octanol–water partition coefficient (Wildman–Crippen LogP) is 2.16. The molecule has 1 unspecified atom stereocenters. The Hall–Kier alpha value is -1.69. The highest BCUT2D eigenvalue weighted by Gasteiger charge is 2.14. The Kier molecular flexibility index (Phi) is 5.29. The normalized spacial score (nSPS) is 18.2. The molecule has 0 aliphatic carbocycles. The second-order valence-electron chi connectivity index (χ2n) is 4.74. The fourth-order valence-corrected chi connectivity index (χ4v) is 2.25. The number of hydrogen-bond donors (Lipinski definition) is 2. The predicted molar refractivity (Wildman–Crippen MR) is 71.0 cm³/mol. The summed E-state index contributed by atoms with van der Waals surface area (Å²) >= 11 is 0. The second-order valence-corrected chi connectivity index (χ2v) is 4.74. The minimum absolute atomic E-state index is 0.0479. The molecule has 0 radical (unpaired) electrons. The molecule has 0 aromatic heterocycles. The first kappa shape index (κ1) is 14.7.